The molecular formula is C13H18N4O2S. The summed E-state index contributed by atoms with van der Waals surface area (Å²) in [4.78, 5) is 16.3. The number of carbonyl (C=O) groups excluding carboxylic acids is 1. The number of pyridine rings is 1. The van der Waals surface area contributed by atoms with Crippen molar-refractivity contribution in [1.29, 1.82) is 0 Å². The molecule has 0 aromatic carbocycles. The molecule has 1 aliphatic heterocycles. The van der Waals surface area contributed by atoms with E-state index in [0.717, 1.165) is 0 Å². The van der Waals surface area contributed by atoms with Crippen LogP contribution in [0, 0.1) is 0 Å². The van der Waals surface area contributed by atoms with Gasteiger partial charge in [0.15, 0.2) is 0 Å². The summed E-state index contributed by atoms with van der Waals surface area (Å²) in [7, 11) is 0. The molecule has 0 saturated carbocycles. The SMILES string of the molecule is CC(C)Oc1ccc(NC(=O)C2=C(N)SNC2C)cn1. The van der Waals surface area contributed by atoms with Crippen LogP contribution in [0.2, 0.25) is 0 Å². The van der Waals surface area contributed by atoms with Gasteiger partial charge in [-0.05, 0) is 38.8 Å². The Bertz CT molecular complexity index is 528. The summed E-state index contributed by atoms with van der Waals surface area (Å²) >= 11 is 1.27. The van der Waals surface area contributed by atoms with Gasteiger partial charge in [-0.25, -0.2) is 4.98 Å². The number of hydrogen-bond donors (Lipinski definition) is 3. The van der Waals surface area contributed by atoms with Gasteiger partial charge < -0.3 is 15.8 Å². The fraction of sp³-hybridized carbons (Fsp3) is 0.385. The van der Waals surface area contributed by atoms with Crippen LogP contribution in [0.5, 0.6) is 5.88 Å². The van der Waals surface area contributed by atoms with E-state index in [4.69, 9.17) is 10.5 Å². The molecule has 7 heteroatoms. The fourth-order valence-electron chi connectivity index (χ4n) is 1.75. The van der Waals surface area contributed by atoms with Crippen molar-refractivity contribution in [3.8, 4) is 5.88 Å². The van der Waals surface area contributed by atoms with E-state index in [0.29, 0.717) is 22.2 Å². The molecule has 4 N–H and O–H groups in total. The molecule has 0 bridgehead atoms. The molecule has 6 nitrogen and oxygen atoms in total. The Balaban J connectivity index is 2.03. The van der Waals surface area contributed by atoms with Crippen LogP contribution < -0.4 is 20.5 Å². The highest BCUT2D eigenvalue weighted by Crippen LogP contribution is 2.25. The van der Waals surface area contributed by atoms with E-state index in [1.54, 1.807) is 18.3 Å². The van der Waals surface area contributed by atoms with Gasteiger partial charge >= 0.3 is 0 Å². The molecule has 20 heavy (non-hydrogen) atoms. The number of aromatic nitrogens is 1. The highest BCUT2D eigenvalue weighted by Gasteiger charge is 2.26. The molecule has 1 aliphatic rings. The Hall–Kier alpha value is -1.73. The number of amides is 1. The number of ether oxygens (including phenoxy) is 1. The second kappa shape index (κ2) is 6.15. The Labute approximate surface area is 122 Å². The van der Waals surface area contributed by atoms with E-state index >= 15 is 0 Å². The lowest BCUT2D eigenvalue weighted by Crippen LogP contribution is -2.26. The Kier molecular flexibility index (Phi) is 4.51. The third-order valence-corrected chi connectivity index (χ3v) is 3.55. The van der Waals surface area contributed by atoms with E-state index in [9.17, 15) is 4.79 Å². The third kappa shape index (κ3) is 3.43. The molecule has 1 atom stereocenters. The first kappa shape index (κ1) is 14.7. The third-order valence-electron chi connectivity index (χ3n) is 2.64. The summed E-state index contributed by atoms with van der Waals surface area (Å²) in [6.07, 6.45) is 1.63. The molecule has 0 fully saturated rings. The quantitative estimate of drug-likeness (QED) is 0.731. The van der Waals surface area contributed by atoms with E-state index < -0.39 is 0 Å². The summed E-state index contributed by atoms with van der Waals surface area (Å²) in [6.45, 7) is 5.75. The molecule has 1 unspecified atom stereocenters. The molecule has 0 spiro atoms. The first-order valence-electron chi connectivity index (χ1n) is 6.33. The first-order valence-corrected chi connectivity index (χ1v) is 7.15. The Morgan fingerprint density at radius 3 is 2.80 bits per heavy atom. The Morgan fingerprint density at radius 1 is 1.55 bits per heavy atom. The van der Waals surface area contributed by atoms with Crippen LogP contribution in [-0.2, 0) is 4.79 Å². The molecule has 0 radical (unpaired) electrons. The van der Waals surface area contributed by atoms with E-state index in [2.05, 4.69) is 15.0 Å². The molecule has 2 rings (SSSR count). The topological polar surface area (TPSA) is 89.3 Å². The summed E-state index contributed by atoms with van der Waals surface area (Å²) in [5, 5.41) is 3.28. The van der Waals surface area contributed by atoms with E-state index in [1.807, 2.05) is 20.8 Å². The predicted octanol–water partition coefficient (Wildman–Crippen LogP) is 1.62. The van der Waals surface area contributed by atoms with Crippen molar-refractivity contribution in [3.63, 3.8) is 0 Å². The van der Waals surface area contributed by atoms with Crippen molar-refractivity contribution in [2.24, 2.45) is 5.73 Å². The smallest absolute Gasteiger partial charge is 0.255 e. The van der Waals surface area contributed by atoms with Crippen molar-refractivity contribution in [2.45, 2.75) is 32.9 Å². The summed E-state index contributed by atoms with van der Waals surface area (Å²) in [6, 6.07) is 3.40. The highest BCUT2D eigenvalue weighted by atomic mass is 32.2. The van der Waals surface area contributed by atoms with Gasteiger partial charge in [-0.3, -0.25) is 9.52 Å². The van der Waals surface area contributed by atoms with Gasteiger partial charge in [0.25, 0.3) is 5.91 Å². The number of nitrogens with one attached hydrogen (secondary N) is 2. The van der Waals surface area contributed by atoms with Crippen LogP contribution in [0.1, 0.15) is 20.8 Å². The highest BCUT2D eigenvalue weighted by molar-refractivity contribution is 8.01. The number of rotatable bonds is 4. The Morgan fingerprint density at radius 2 is 2.30 bits per heavy atom. The van der Waals surface area contributed by atoms with Crippen molar-refractivity contribution < 1.29 is 9.53 Å². The summed E-state index contributed by atoms with van der Waals surface area (Å²) < 4.78 is 8.48. The standard InChI is InChI=1S/C13H18N4O2S/c1-7(2)19-10-5-4-9(6-15-10)16-13(18)11-8(3)17-20-12(11)14/h4-8,17H,14H2,1-3H3,(H,16,18). The van der Waals surface area contributed by atoms with Crippen LogP contribution in [0.25, 0.3) is 0 Å². The molecule has 1 amide bonds. The number of anilines is 1. The number of nitrogens with two attached hydrogens (primary N) is 1. The zero-order chi connectivity index (χ0) is 14.7. The lowest BCUT2D eigenvalue weighted by atomic mass is 10.1. The van der Waals surface area contributed by atoms with E-state index in [-0.39, 0.29) is 18.1 Å². The number of carbonyl (C=O) groups is 1. The van der Waals surface area contributed by atoms with Gasteiger partial charge in [-0.2, -0.15) is 0 Å². The van der Waals surface area contributed by atoms with Crippen LogP contribution >= 0.6 is 11.9 Å². The second-order valence-corrected chi connectivity index (χ2v) is 5.61. The average molecular weight is 294 g/mol. The number of hydrogen-bond acceptors (Lipinski definition) is 6. The van der Waals surface area contributed by atoms with Crippen molar-refractivity contribution in [2.75, 3.05) is 5.32 Å². The maximum absolute atomic E-state index is 12.1. The zero-order valence-electron chi connectivity index (χ0n) is 11.6. The zero-order valence-corrected chi connectivity index (χ0v) is 12.5. The molecule has 0 aliphatic carbocycles. The average Bonchev–Trinajstić information content (AvgIpc) is 2.71. The van der Waals surface area contributed by atoms with Crippen LogP contribution in [-0.4, -0.2) is 23.0 Å². The van der Waals surface area contributed by atoms with Crippen molar-refractivity contribution in [3.05, 3.63) is 28.9 Å². The fourth-order valence-corrected chi connectivity index (χ4v) is 2.55. The van der Waals surface area contributed by atoms with Gasteiger partial charge in [0.1, 0.15) is 0 Å². The molecule has 1 aromatic heterocycles. The second-order valence-electron chi connectivity index (χ2n) is 4.73. The molecule has 2 heterocycles. The van der Waals surface area contributed by atoms with Crippen molar-refractivity contribution >= 4 is 23.5 Å². The monoisotopic (exact) mass is 294 g/mol. The van der Waals surface area contributed by atoms with Gasteiger partial charge in [0, 0.05) is 12.1 Å². The maximum Gasteiger partial charge on any atom is 0.255 e. The predicted molar refractivity (Wildman–Crippen MR) is 80.0 cm³/mol. The maximum atomic E-state index is 12.1. The van der Waals surface area contributed by atoms with Gasteiger partial charge in [-0.15, -0.1) is 0 Å². The molecular weight excluding hydrogens is 276 g/mol. The lowest BCUT2D eigenvalue weighted by Gasteiger charge is -2.11. The summed E-state index contributed by atoms with van der Waals surface area (Å²) in [5.74, 6) is 0.315. The molecule has 0 saturated heterocycles. The van der Waals surface area contributed by atoms with Crippen LogP contribution in [0.4, 0.5) is 5.69 Å². The van der Waals surface area contributed by atoms with E-state index in [1.165, 1.54) is 11.9 Å². The lowest BCUT2D eigenvalue weighted by molar-refractivity contribution is -0.113. The van der Waals surface area contributed by atoms with Crippen LogP contribution in [0.15, 0.2) is 28.9 Å². The minimum Gasteiger partial charge on any atom is -0.475 e. The van der Waals surface area contributed by atoms with Gasteiger partial charge in [0.2, 0.25) is 5.88 Å². The van der Waals surface area contributed by atoms with Crippen molar-refractivity contribution in [1.82, 2.24) is 9.71 Å². The van der Waals surface area contributed by atoms with Crippen LogP contribution in [0.3, 0.4) is 0 Å². The first-order chi connectivity index (χ1) is 9.47. The summed E-state index contributed by atoms with van der Waals surface area (Å²) in [5.41, 5.74) is 6.95. The normalized spacial score (nSPS) is 18.5. The van der Waals surface area contributed by atoms with Gasteiger partial charge in [0.05, 0.1) is 28.6 Å². The minimum atomic E-state index is -0.216. The number of nitrogens with zero attached hydrogens (tertiary/aromatic N) is 1. The molecule has 108 valence electrons. The largest absolute Gasteiger partial charge is 0.475 e. The molecule has 1 aromatic rings. The van der Waals surface area contributed by atoms with Gasteiger partial charge in [-0.1, -0.05) is 0 Å². The minimum absolute atomic E-state index is 0.0651.